The van der Waals surface area contributed by atoms with E-state index in [-0.39, 0.29) is 11.8 Å². The Morgan fingerprint density at radius 1 is 1.26 bits per heavy atom. The fourth-order valence-corrected chi connectivity index (χ4v) is 5.02. The van der Waals surface area contributed by atoms with Gasteiger partial charge in [-0.3, -0.25) is 14.5 Å². The number of nitrogen functional groups attached to an aromatic ring is 1. The molecule has 2 heterocycles. The molecule has 19 heavy (non-hydrogen) atoms. The standard InChI is InChI=1S/C13H14N2O2S2/c14-10-3-1-2-9-11(10)13(17)15(12(9)16)6-8-7-18-4-5-19-8/h1-3,8H,4-7,14H2. The van der Waals surface area contributed by atoms with Crippen molar-refractivity contribution in [2.75, 3.05) is 29.5 Å². The Hall–Kier alpha value is -1.14. The van der Waals surface area contributed by atoms with Gasteiger partial charge >= 0.3 is 0 Å². The molecular formula is C13H14N2O2S2. The van der Waals surface area contributed by atoms with Crippen molar-refractivity contribution < 1.29 is 9.59 Å². The highest BCUT2D eigenvalue weighted by Crippen LogP contribution is 2.30. The second-order valence-electron chi connectivity index (χ2n) is 4.56. The van der Waals surface area contributed by atoms with Crippen molar-refractivity contribution in [3.63, 3.8) is 0 Å². The van der Waals surface area contributed by atoms with Gasteiger partial charge in [0.2, 0.25) is 0 Å². The summed E-state index contributed by atoms with van der Waals surface area (Å²) in [4.78, 5) is 25.9. The number of fused-ring (bicyclic) bond motifs is 1. The molecule has 1 atom stereocenters. The van der Waals surface area contributed by atoms with E-state index in [1.54, 1.807) is 18.2 Å². The van der Waals surface area contributed by atoms with Crippen molar-refractivity contribution in [1.82, 2.24) is 4.90 Å². The van der Waals surface area contributed by atoms with Crippen LogP contribution in [-0.2, 0) is 0 Å². The van der Waals surface area contributed by atoms with Crippen LogP contribution in [0.15, 0.2) is 18.2 Å². The van der Waals surface area contributed by atoms with Crippen molar-refractivity contribution in [2.24, 2.45) is 0 Å². The lowest BCUT2D eigenvalue weighted by molar-refractivity contribution is 0.0657. The minimum absolute atomic E-state index is 0.205. The molecule has 1 aromatic carbocycles. The van der Waals surface area contributed by atoms with E-state index < -0.39 is 0 Å². The van der Waals surface area contributed by atoms with Crippen LogP contribution in [0, 0.1) is 0 Å². The summed E-state index contributed by atoms with van der Waals surface area (Å²) in [5.74, 6) is 2.78. The van der Waals surface area contributed by atoms with Crippen LogP contribution in [0.1, 0.15) is 20.7 Å². The minimum atomic E-state index is -0.241. The topological polar surface area (TPSA) is 63.4 Å². The summed E-state index contributed by atoms with van der Waals surface area (Å²) < 4.78 is 0. The van der Waals surface area contributed by atoms with E-state index in [9.17, 15) is 9.59 Å². The van der Waals surface area contributed by atoms with Crippen molar-refractivity contribution in [1.29, 1.82) is 0 Å². The largest absolute Gasteiger partial charge is 0.398 e. The first-order chi connectivity index (χ1) is 9.18. The molecule has 2 amide bonds. The highest BCUT2D eigenvalue weighted by atomic mass is 32.2. The van der Waals surface area contributed by atoms with Gasteiger partial charge in [0.05, 0.1) is 11.1 Å². The molecule has 100 valence electrons. The molecule has 4 nitrogen and oxygen atoms in total. The predicted molar refractivity (Wildman–Crippen MR) is 79.8 cm³/mol. The first-order valence-electron chi connectivity index (χ1n) is 6.12. The Balaban J connectivity index is 1.84. The van der Waals surface area contributed by atoms with Crippen molar-refractivity contribution in [3.8, 4) is 0 Å². The Morgan fingerprint density at radius 3 is 2.79 bits per heavy atom. The zero-order valence-electron chi connectivity index (χ0n) is 10.3. The molecule has 1 unspecified atom stereocenters. The second kappa shape index (κ2) is 5.09. The molecule has 1 aromatic rings. The molecule has 0 aromatic heterocycles. The van der Waals surface area contributed by atoms with E-state index in [0.717, 1.165) is 17.3 Å². The number of benzene rings is 1. The molecular weight excluding hydrogens is 280 g/mol. The van der Waals surface area contributed by atoms with Crippen LogP contribution < -0.4 is 5.73 Å². The highest BCUT2D eigenvalue weighted by molar-refractivity contribution is 8.06. The molecule has 2 aliphatic rings. The third-order valence-electron chi connectivity index (χ3n) is 3.30. The lowest BCUT2D eigenvalue weighted by Crippen LogP contribution is -2.37. The summed E-state index contributed by atoms with van der Waals surface area (Å²) in [7, 11) is 0. The van der Waals surface area contributed by atoms with E-state index in [1.165, 1.54) is 4.90 Å². The molecule has 3 rings (SSSR count). The Morgan fingerprint density at radius 2 is 2.11 bits per heavy atom. The number of anilines is 1. The quantitative estimate of drug-likeness (QED) is 0.664. The lowest BCUT2D eigenvalue weighted by Gasteiger charge is -2.25. The van der Waals surface area contributed by atoms with Crippen LogP contribution in [0.5, 0.6) is 0 Å². The van der Waals surface area contributed by atoms with E-state index in [0.29, 0.717) is 28.6 Å². The fourth-order valence-electron chi connectivity index (χ4n) is 2.37. The lowest BCUT2D eigenvalue weighted by atomic mass is 10.1. The average molecular weight is 294 g/mol. The molecule has 1 fully saturated rings. The van der Waals surface area contributed by atoms with E-state index in [4.69, 9.17) is 5.73 Å². The summed E-state index contributed by atoms with van der Waals surface area (Å²) in [6.45, 7) is 0.490. The molecule has 1 saturated heterocycles. The Labute approximate surface area is 120 Å². The number of nitrogens with zero attached hydrogens (tertiary/aromatic N) is 1. The summed E-state index contributed by atoms with van der Waals surface area (Å²) >= 11 is 3.72. The maximum atomic E-state index is 12.3. The molecule has 0 saturated carbocycles. The maximum absolute atomic E-state index is 12.3. The maximum Gasteiger partial charge on any atom is 0.263 e. The molecule has 2 aliphatic heterocycles. The first-order valence-corrected chi connectivity index (χ1v) is 8.33. The fraction of sp³-hybridized carbons (Fsp3) is 0.385. The van der Waals surface area contributed by atoms with Gasteiger partial charge in [0.1, 0.15) is 0 Å². The summed E-state index contributed by atoms with van der Waals surface area (Å²) in [6, 6.07) is 5.06. The Bertz CT molecular complexity index is 541. The van der Waals surface area contributed by atoms with Crippen molar-refractivity contribution in [3.05, 3.63) is 29.3 Å². The van der Waals surface area contributed by atoms with Crippen LogP contribution in [0.2, 0.25) is 0 Å². The van der Waals surface area contributed by atoms with E-state index in [1.807, 2.05) is 23.5 Å². The minimum Gasteiger partial charge on any atom is -0.398 e. The highest BCUT2D eigenvalue weighted by Gasteiger charge is 2.38. The average Bonchev–Trinajstić information content (AvgIpc) is 2.66. The van der Waals surface area contributed by atoms with Gasteiger partial charge in [-0.2, -0.15) is 23.5 Å². The van der Waals surface area contributed by atoms with Crippen molar-refractivity contribution in [2.45, 2.75) is 5.25 Å². The monoisotopic (exact) mass is 294 g/mol. The van der Waals surface area contributed by atoms with Gasteiger partial charge in [0, 0.05) is 34.7 Å². The third-order valence-corrected chi connectivity index (χ3v) is 6.13. The van der Waals surface area contributed by atoms with Gasteiger partial charge in [-0.05, 0) is 12.1 Å². The van der Waals surface area contributed by atoms with Crippen LogP contribution in [-0.4, -0.2) is 45.8 Å². The third kappa shape index (κ3) is 2.23. The van der Waals surface area contributed by atoms with Gasteiger partial charge in [0.15, 0.2) is 0 Å². The molecule has 0 bridgehead atoms. The number of thioether (sulfide) groups is 2. The van der Waals surface area contributed by atoms with Crippen LogP contribution >= 0.6 is 23.5 Å². The van der Waals surface area contributed by atoms with Gasteiger partial charge in [-0.1, -0.05) is 6.07 Å². The molecule has 6 heteroatoms. The van der Waals surface area contributed by atoms with Gasteiger partial charge in [0.25, 0.3) is 11.8 Å². The normalized spacial score (nSPS) is 22.7. The zero-order chi connectivity index (χ0) is 13.4. The van der Waals surface area contributed by atoms with E-state index in [2.05, 4.69) is 0 Å². The molecule has 0 radical (unpaired) electrons. The molecule has 2 N–H and O–H groups in total. The van der Waals surface area contributed by atoms with E-state index >= 15 is 0 Å². The summed E-state index contributed by atoms with van der Waals surface area (Å²) in [5.41, 5.74) is 7.02. The number of amides is 2. The van der Waals surface area contributed by atoms with Crippen LogP contribution in [0.4, 0.5) is 5.69 Å². The van der Waals surface area contributed by atoms with Crippen LogP contribution in [0.3, 0.4) is 0 Å². The smallest absolute Gasteiger partial charge is 0.263 e. The van der Waals surface area contributed by atoms with Crippen molar-refractivity contribution >= 4 is 41.0 Å². The predicted octanol–water partition coefficient (Wildman–Crippen LogP) is 1.71. The number of hydrogen-bond donors (Lipinski definition) is 1. The zero-order valence-corrected chi connectivity index (χ0v) is 11.9. The van der Waals surface area contributed by atoms with Gasteiger partial charge < -0.3 is 5.73 Å². The summed E-state index contributed by atoms with van der Waals surface area (Å²) in [5, 5.41) is 0.335. The number of carbonyl (C=O) groups excluding carboxylic acids is 2. The molecule has 0 aliphatic carbocycles. The number of hydrogen-bond acceptors (Lipinski definition) is 5. The second-order valence-corrected chi connectivity index (χ2v) is 7.12. The molecule has 0 spiro atoms. The summed E-state index contributed by atoms with van der Waals surface area (Å²) in [6.07, 6.45) is 0. The number of rotatable bonds is 2. The number of nitrogens with two attached hydrogens (primary N) is 1. The van der Waals surface area contributed by atoms with Gasteiger partial charge in [-0.25, -0.2) is 0 Å². The van der Waals surface area contributed by atoms with Gasteiger partial charge in [-0.15, -0.1) is 0 Å². The van der Waals surface area contributed by atoms with Crippen LogP contribution in [0.25, 0.3) is 0 Å². The number of carbonyl (C=O) groups is 2. The number of imide groups is 1. The SMILES string of the molecule is Nc1cccc2c1C(=O)N(CC1CSCCS1)C2=O. The Kier molecular flexibility index (Phi) is 3.45. The first kappa shape index (κ1) is 12.9.